The molecule has 14 heteroatoms. The van der Waals surface area contributed by atoms with E-state index in [0.717, 1.165) is 0 Å². The molecule has 2 rings (SSSR count). The van der Waals surface area contributed by atoms with Gasteiger partial charge in [-0.05, 0) is 74.4 Å². The lowest BCUT2D eigenvalue weighted by atomic mass is 10.2. The second-order valence-electron chi connectivity index (χ2n) is 11.6. The number of hydrogen-bond donors (Lipinski definition) is 5. The molecule has 2 aromatic rings. The number of carbonyl (C=O) groups excluding carboxylic acids is 4. The molecule has 0 aliphatic rings. The largest absolute Gasteiger partial charge is 0.444 e. The van der Waals surface area contributed by atoms with Crippen LogP contribution in [0.5, 0.6) is 0 Å². The molecule has 0 aliphatic carbocycles. The van der Waals surface area contributed by atoms with Gasteiger partial charge in [-0.1, -0.05) is 12.1 Å². The Bertz CT molecular complexity index is 1310. The average Bonchev–Trinajstić information content (AvgIpc) is 3.14. The van der Waals surface area contributed by atoms with Crippen molar-refractivity contribution in [2.24, 2.45) is 15.7 Å². The number of aliphatic imine (C=N–C) groups is 2. The van der Waals surface area contributed by atoms with Crippen molar-refractivity contribution in [3.8, 4) is 0 Å². The highest BCUT2D eigenvalue weighted by atomic mass is 16.6. The molecule has 0 saturated carbocycles. The fraction of sp³-hybridized carbons (Fsp3) is 0.462. The second-order valence-corrected chi connectivity index (χ2v) is 11.6. The monoisotopic (exact) mass is 559 g/mol. The number of aromatic nitrogens is 1. The Kier molecular flexibility index (Phi) is 9.52. The van der Waals surface area contributed by atoms with Crippen molar-refractivity contribution in [2.75, 3.05) is 0 Å². The van der Waals surface area contributed by atoms with Crippen LogP contribution < -0.4 is 21.7 Å². The molecule has 0 aliphatic heterocycles. The van der Waals surface area contributed by atoms with Crippen LogP contribution in [0.15, 0.2) is 34.3 Å². The summed E-state index contributed by atoms with van der Waals surface area (Å²) in [4.78, 5) is 60.2. The normalized spacial score (nSPS) is 12.3. The quantitative estimate of drug-likeness (QED) is 0.205. The smallest absolute Gasteiger partial charge is 0.437 e. The molecule has 1 aromatic carbocycles. The van der Waals surface area contributed by atoms with E-state index in [4.69, 9.17) is 19.9 Å². The van der Waals surface area contributed by atoms with Gasteiger partial charge in [0.1, 0.15) is 22.5 Å². The first kappa shape index (κ1) is 31.6. The van der Waals surface area contributed by atoms with E-state index in [1.54, 1.807) is 80.5 Å². The van der Waals surface area contributed by atoms with Gasteiger partial charge in [0.25, 0.3) is 5.91 Å². The molecule has 1 aromatic heterocycles. The van der Waals surface area contributed by atoms with Crippen molar-refractivity contribution < 1.29 is 33.4 Å². The average molecular weight is 560 g/mol. The van der Waals surface area contributed by atoms with Crippen LogP contribution >= 0.6 is 0 Å². The molecule has 218 valence electrons. The van der Waals surface area contributed by atoms with Crippen molar-refractivity contribution in [1.82, 2.24) is 20.9 Å². The fourth-order valence-corrected chi connectivity index (χ4v) is 2.96. The number of nitrogens with zero attached hydrogens (tertiary/aromatic N) is 2. The predicted molar refractivity (Wildman–Crippen MR) is 149 cm³/mol. The van der Waals surface area contributed by atoms with Gasteiger partial charge in [0.05, 0.1) is 11.2 Å². The third kappa shape index (κ3) is 11.0. The van der Waals surface area contributed by atoms with Gasteiger partial charge in [-0.3, -0.25) is 20.7 Å². The Labute approximate surface area is 232 Å². The summed E-state index contributed by atoms with van der Waals surface area (Å²) in [5.74, 6) is -1.41. The van der Waals surface area contributed by atoms with Gasteiger partial charge in [-0.2, -0.15) is 0 Å². The Hall–Kier alpha value is -4.62. The Balaban J connectivity index is 2.37. The number of H-pyrrole nitrogens is 1. The van der Waals surface area contributed by atoms with E-state index >= 15 is 0 Å². The van der Waals surface area contributed by atoms with Crippen LogP contribution in [-0.4, -0.2) is 57.9 Å². The number of benzene rings is 1. The van der Waals surface area contributed by atoms with Gasteiger partial charge >= 0.3 is 18.3 Å². The number of ether oxygens (including phenoxy) is 3. The summed E-state index contributed by atoms with van der Waals surface area (Å²) in [5, 5.41) is 7.68. The highest BCUT2D eigenvalue weighted by Crippen LogP contribution is 2.26. The number of hydrogen-bond acceptors (Lipinski definition) is 8. The fourth-order valence-electron chi connectivity index (χ4n) is 2.96. The van der Waals surface area contributed by atoms with Crippen LogP contribution in [0.1, 0.15) is 72.8 Å². The molecular formula is C26H37N7O7. The summed E-state index contributed by atoms with van der Waals surface area (Å²) in [7, 11) is 0. The maximum absolute atomic E-state index is 12.7. The number of nitrogens with one attached hydrogen (secondary N) is 4. The summed E-state index contributed by atoms with van der Waals surface area (Å²) >= 11 is 0. The van der Waals surface area contributed by atoms with Gasteiger partial charge in [-0.25, -0.2) is 19.4 Å². The number of rotatable bonds is 2. The Morgan fingerprint density at radius 3 is 1.82 bits per heavy atom. The molecule has 0 bridgehead atoms. The second kappa shape index (κ2) is 12.1. The molecule has 14 nitrogen and oxygen atoms in total. The number of alkyl carbamates (subject to hydrolysis) is 2. The molecule has 0 unspecified atom stereocenters. The predicted octanol–water partition coefficient (Wildman–Crippen LogP) is 4.18. The SMILES string of the molecule is CC(C)(C)OC(=O)/N=C(\N)NC(=O)c1cc2cccc(N=C(NC(=O)OC(C)(C)C)NC(=O)OC(C)(C)C)c2[nH]1. The number of aromatic amines is 1. The maximum atomic E-state index is 12.7. The Morgan fingerprint density at radius 2 is 1.32 bits per heavy atom. The summed E-state index contributed by atoms with van der Waals surface area (Å²) in [6, 6.07) is 6.48. The van der Waals surface area contributed by atoms with Crippen molar-refractivity contribution in [1.29, 1.82) is 0 Å². The van der Waals surface area contributed by atoms with E-state index in [9.17, 15) is 19.2 Å². The third-order valence-corrected chi connectivity index (χ3v) is 4.20. The van der Waals surface area contributed by atoms with Crippen LogP contribution in [0.4, 0.5) is 20.1 Å². The first-order valence-electron chi connectivity index (χ1n) is 12.3. The first-order valence-corrected chi connectivity index (χ1v) is 12.3. The van der Waals surface area contributed by atoms with E-state index < -0.39 is 46.9 Å². The molecular weight excluding hydrogens is 522 g/mol. The van der Waals surface area contributed by atoms with Gasteiger partial charge < -0.3 is 24.9 Å². The van der Waals surface area contributed by atoms with Gasteiger partial charge in [0.15, 0.2) is 0 Å². The van der Waals surface area contributed by atoms with Crippen LogP contribution in [0.3, 0.4) is 0 Å². The third-order valence-electron chi connectivity index (χ3n) is 4.20. The summed E-state index contributed by atoms with van der Waals surface area (Å²) in [5.41, 5.74) is 4.00. The number of nitrogens with two attached hydrogens (primary N) is 1. The van der Waals surface area contributed by atoms with Gasteiger partial charge in [0, 0.05) is 5.39 Å². The standard InChI is InChI=1S/C26H37N7O7/c1-24(2,3)38-21(35)31-19(27)30-18(34)16-13-14-11-10-12-15(17(14)28-16)29-20(32-22(36)39-25(4,5)6)33-23(37)40-26(7,8)9/h10-13,28H,1-9H3,(H3,27,30,31,34,35)(H2,29,32,33,36,37). The molecule has 0 radical (unpaired) electrons. The van der Waals surface area contributed by atoms with Crippen LogP contribution in [-0.2, 0) is 14.2 Å². The molecule has 0 fully saturated rings. The number of para-hydroxylation sites is 1. The lowest BCUT2D eigenvalue weighted by Crippen LogP contribution is -2.47. The summed E-state index contributed by atoms with van der Waals surface area (Å²) in [6.07, 6.45) is -2.68. The van der Waals surface area contributed by atoms with Gasteiger partial charge in [-0.15, -0.1) is 4.99 Å². The van der Waals surface area contributed by atoms with Crippen LogP contribution in [0.25, 0.3) is 10.9 Å². The summed E-state index contributed by atoms with van der Waals surface area (Å²) in [6.45, 7) is 15.1. The molecule has 6 N–H and O–H groups in total. The van der Waals surface area contributed by atoms with E-state index in [1.165, 1.54) is 6.07 Å². The molecule has 40 heavy (non-hydrogen) atoms. The number of guanidine groups is 2. The van der Waals surface area contributed by atoms with E-state index in [-0.39, 0.29) is 17.3 Å². The molecule has 0 saturated heterocycles. The van der Waals surface area contributed by atoms with Crippen LogP contribution in [0, 0.1) is 0 Å². The van der Waals surface area contributed by atoms with Crippen molar-refractivity contribution in [3.63, 3.8) is 0 Å². The van der Waals surface area contributed by atoms with E-state index in [1.807, 2.05) is 0 Å². The minimum absolute atomic E-state index is 0.0711. The van der Waals surface area contributed by atoms with E-state index in [2.05, 4.69) is 30.9 Å². The highest BCUT2D eigenvalue weighted by Gasteiger charge is 2.22. The Morgan fingerprint density at radius 1 is 0.800 bits per heavy atom. The maximum Gasteiger partial charge on any atom is 0.437 e. The van der Waals surface area contributed by atoms with Crippen molar-refractivity contribution in [2.45, 2.75) is 79.1 Å². The zero-order chi connectivity index (χ0) is 30.5. The molecule has 0 spiro atoms. The molecule has 1 heterocycles. The van der Waals surface area contributed by atoms with E-state index in [0.29, 0.717) is 10.9 Å². The highest BCUT2D eigenvalue weighted by molar-refractivity contribution is 6.09. The van der Waals surface area contributed by atoms with Crippen LogP contribution in [0.2, 0.25) is 0 Å². The first-order chi connectivity index (χ1) is 18.2. The molecule has 0 atom stereocenters. The zero-order valence-electron chi connectivity index (χ0n) is 24.1. The molecule has 4 amide bonds. The lowest BCUT2D eigenvalue weighted by molar-refractivity contribution is 0.0540. The number of carbonyl (C=O) groups is 4. The zero-order valence-corrected chi connectivity index (χ0v) is 24.1. The number of amides is 4. The van der Waals surface area contributed by atoms with Crippen molar-refractivity contribution in [3.05, 3.63) is 30.0 Å². The lowest BCUT2D eigenvalue weighted by Gasteiger charge is -2.22. The topological polar surface area (TPSA) is 199 Å². The number of fused-ring (bicyclic) bond motifs is 1. The minimum atomic E-state index is -0.957. The minimum Gasteiger partial charge on any atom is -0.444 e. The van der Waals surface area contributed by atoms with Gasteiger partial charge in [0.2, 0.25) is 11.9 Å². The summed E-state index contributed by atoms with van der Waals surface area (Å²) < 4.78 is 15.6. The van der Waals surface area contributed by atoms with Crippen molar-refractivity contribution >= 4 is 52.7 Å².